The van der Waals surface area contributed by atoms with Crippen LogP contribution in [0.4, 0.5) is 23.7 Å². The molecule has 0 aliphatic heterocycles. The summed E-state index contributed by atoms with van der Waals surface area (Å²) in [6.45, 7) is -3.21. The number of nitrogen functional groups attached to an aromatic ring is 1. The lowest BCUT2D eigenvalue weighted by Crippen LogP contribution is -2.09. The van der Waals surface area contributed by atoms with Gasteiger partial charge in [0.2, 0.25) is 0 Å². The van der Waals surface area contributed by atoms with Crippen molar-refractivity contribution in [2.75, 3.05) is 5.73 Å². The maximum Gasteiger partial charge on any atom is 0.432 e. The SMILES string of the molecule is Cn1cc(-c2nn(C(=O)O)c3cnc(-c4c(F)cc(N)cc4OC(F)F)cc23)cn1. The van der Waals surface area contributed by atoms with Gasteiger partial charge in [-0.2, -0.15) is 23.7 Å². The van der Waals surface area contributed by atoms with Crippen molar-refractivity contribution in [1.29, 1.82) is 0 Å². The average molecular weight is 418 g/mol. The molecule has 0 spiro atoms. The highest BCUT2D eigenvalue weighted by Gasteiger charge is 2.22. The maximum atomic E-state index is 14.6. The molecule has 4 aromatic rings. The lowest BCUT2D eigenvalue weighted by Gasteiger charge is -2.12. The van der Waals surface area contributed by atoms with Gasteiger partial charge in [0, 0.05) is 35.9 Å². The zero-order valence-electron chi connectivity index (χ0n) is 15.3. The summed E-state index contributed by atoms with van der Waals surface area (Å²) < 4.78 is 46.9. The largest absolute Gasteiger partial charge is 0.463 e. The lowest BCUT2D eigenvalue weighted by molar-refractivity contribution is -0.0495. The number of pyridine rings is 1. The van der Waals surface area contributed by atoms with E-state index in [0.29, 0.717) is 15.6 Å². The zero-order valence-corrected chi connectivity index (χ0v) is 15.3. The van der Waals surface area contributed by atoms with Gasteiger partial charge >= 0.3 is 12.7 Å². The number of rotatable bonds is 4. The van der Waals surface area contributed by atoms with Crippen LogP contribution in [0, 0.1) is 5.82 Å². The van der Waals surface area contributed by atoms with E-state index < -0.39 is 24.3 Å². The first-order valence-electron chi connectivity index (χ1n) is 8.40. The molecule has 0 fully saturated rings. The van der Waals surface area contributed by atoms with E-state index in [-0.39, 0.29) is 28.2 Å². The van der Waals surface area contributed by atoms with Crippen molar-refractivity contribution >= 4 is 22.7 Å². The fourth-order valence-electron chi connectivity index (χ4n) is 3.09. The Morgan fingerprint density at radius 2 is 2.03 bits per heavy atom. The Morgan fingerprint density at radius 1 is 1.27 bits per heavy atom. The molecule has 0 aliphatic rings. The Hall–Kier alpha value is -4.09. The van der Waals surface area contributed by atoms with Crippen LogP contribution in [0.25, 0.3) is 33.4 Å². The molecular weight excluding hydrogens is 405 g/mol. The van der Waals surface area contributed by atoms with Crippen LogP contribution in [-0.2, 0) is 7.05 Å². The molecule has 1 aromatic carbocycles. The number of alkyl halides is 2. The second-order valence-corrected chi connectivity index (χ2v) is 6.29. The van der Waals surface area contributed by atoms with Gasteiger partial charge in [0.25, 0.3) is 0 Å². The molecule has 0 saturated carbocycles. The summed E-state index contributed by atoms with van der Waals surface area (Å²) in [5.74, 6) is -1.42. The molecule has 3 aromatic heterocycles. The minimum atomic E-state index is -3.21. The molecular formula is C18H13F3N6O3. The van der Waals surface area contributed by atoms with Crippen molar-refractivity contribution in [3.8, 4) is 28.3 Å². The number of fused-ring (bicyclic) bond motifs is 1. The number of carboxylic acid groups (broad SMARTS) is 1. The first-order valence-corrected chi connectivity index (χ1v) is 8.40. The van der Waals surface area contributed by atoms with E-state index in [4.69, 9.17) is 5.73 Å². The van der Waals surface area contributed by atoms with Crippen molar-refractivity contribution < 1.29 is 27.8 Å². The normalized spacial score (nSPS) is 11.4. The number of hydrogen-bond donors (Lipinski definition) is 2. The smallest absolute Gasteiger partial charge is 0.432 e. The number of aryl methyl sites for hydroxylation is 1. The van der Waals surface area contributed by atoms with Crippen molar-refractivity contribution in [3.05, 3.63) is 42.6 Å². The Bertz CT molecular complexity index is 1280. The predicted molar refractivity (Wildman–Crippen MR) is 99.6 cm³/mol. The summed E-state index contributed by atoms with van der Waals surface area (Å²) in [5.41, 5.74) is 5.90. The van der Waals surface area contributed by atoms with Crippen molar-refractivity contribution in [2.24, 2.45) is 7.05 Å². The fraction of sp³-hybridized carbons (Fsp3) is 0.111. The third kappa shape index (κ3) is 3.27. The number of anilines is 1. The molecule has 3 N–H and O–H groups in total. The van der Waals surface area contributed by atoms with E-state index in [9.17, 15) is 23.1 Å². The molecule has 0 amide bonds. The van der Waals surface area contributed by atoms with Gasteiger partial charge in [-0.3, -0.25) is 9.67 Å². The Balaban J connectivity index is 1.98. The Kier molecular flexibility index (Phi) is 4.53. The third-order valence-electron chi connectivity index (χ3n) is 4.27. The summed E-state index contributed by atoms with van der Waals surface area (Å²) in [6, 6.07) is 3.35. The van der Waals surface area contributed by atoms with Gasteiger partial charge < -0.3 is 15.6 Å². The number of carbonyl (C=O) groups is 1. The quantitative estimate of drug-likeness (QED) is 0.488. The summed E-state index contributed by atoms with van der Waals surface area (Å²) in [5, 5.41) is 17.8. The number of nitrogens with two attached hydrogens (primary N) is 1. The summed E-state index contributed by atoms with van der Waals surface area (Å²) in [6.07, 6.45) is 2.89. The molecule has 12 heteroatoms. The van der Waals surface area contributed by atoms with Gasteiger partial charge in [0.15, 0.2) is 0 Å². The van der Waals surface area contributed by atoms with Gasteiger partial charge in [-0.15, -0.1) is 0 Å². The molecule has 9 nitrogen and oxygen atoms in total. The molecule has 0 aliphatic carbocycles. The van der Waals surface area contributed by atoms with Crippen molar-refractivity contribution in [1.82, 2.24) is 24.5 Å². The van der Waals surface area contributed by atoms with E-state index in [1.54, 1.807) is 13.2 Å². The topological polar surface area (TPSA) is 121 Å². The van der Waals surface area contributed by atoms with Crippen LogP contribution in [0.1, 0.15) is 0 Å². The molecule has 0 saturated heterocycles. The van der Waals surface area contributed by atoms with Crippen LogP contribution in [-0.4, -0.2) is 42.4 Å². The zero-order chi connectivity index (χ0) is 21.6. The van der Waals surface area contributed by atoms with Gasteiger partial charge in [0.1, 0.15) is 17.3 Å². The van der Waals surface area contributed by atoms with E-state index >= 15 is 0 Å². The number of benzene rings is 1. The van der Waals surface area contributed by atoms with Crippen molar-refractivity contribution in [3.63, 3.8) is 0 Å². The first kappa shape index (κ1) is 19.2. The molecule has 0 unspecified atom stereocenters. The maximum absolute atomic E-state index is 14.6. The number of ether oxygens (including phenoxy) is 1. The van der Waals surface area contributed by atoms with Gasteiger partial charge in [-0.1, -0.05) is 0 Å². The van der Waals surface area contributed by atoms with Gasteiger partial charge in [-0.05, 0) is 12.1 Å². The Morgan fingerprint density at radius 3 is 2.67 bits per heavy atom. The lowest BCUT2D eigenvalue weighted by atomic mass is 10.1. The van der Waals surface area contributed by atoms with Crippen molar-refractivity contribution in [2.45, 2.75) is 6.61 Å². The third-order valence-corrected chi connectivity index (χ3v) is 4.27. The molecule has 3 heterocycles. The second-order valence-electron chi connectivity index (χ2n) is 6.29. The van der Waals surface area contributed by atoms with Crippen LogP contribution in [0.5, 0.6) is 5.75 Å². The molecule has 0 bridgehead atoms. The summed E-state index contributed by atoms with van der Waals surface area (Å²) >= 11 is 0. The first-order chi connectivity index (χ1) is 14.2. The second kappa shape index (κ2) is 7.06. The van der Waals surface area contributed by atoms with Crippen LogP contribution in [0.2, 0.25) is 0 Å². The van der Waals surface area contributed by atoms with E-state index in [1.807, 2.05) is 0 Å². The van der Waals surface area contributed by atoms with Crippen LogP contribution in [0.15, 0.2) is 36.8 Å². The minimum Gasteiger partial charge on any atom is -0.463 e. The number of nitrogens with zero attached hydrogens (tertiary/aromatic N) is 5. The molecule has 154 valence electrons. The summed E-state index contributed by atoms with van der Waals surface area (Å²) in [7, 11) is 1.67. The number of aromatic nitrogens is 5. The number of hydrogen-bond acceptors (Lipinski definition) is 6. The highest BCUT2D eigenvalue weighted by molar-refractivity contribution is 5.98. The molecule has 0 atom stereocenters. The van der Waals surface area contributed by atoms with Gasteiger partial charge in [0.05, 0.1) is 29.2 Å². The molecule has 30 heavy (non-hydrogen) atoms. The summed E-state index contributed by atoms with van der Waals surface area (Å²) in [4.78, 5) is 15.6. The minimum absolute atomic E-state index is 0.0641. The fourth-order valence-corrected chi connectivity index (χ4v) is 3.09. The van der Waals surface area contributed by atoms with Crippen LogP contribution >= 0.6 is 0 Å². The van der Waals surface area contributed by atoms with Gasteiger partial charge in [-0.25, -0.2) is 9.18 Å². The van der Waals surface area contributed by atoms with Crippen LogP contribution in [0.3, 0.4) is 0 Å². The predicted octanol–water partition coefficient (Wildman–Crippen LogP) is 3.35. The van der Waals surface area contributed by atoms with Crippen LogP contribution < -0.4 is 10.5 Å². The number of halogens is 3. The monoisotopic (exact) mass is 418 g/mol. The molecule has 0 radical (unpaired) electrons. The van der Waals surface area contributed by atoms with E-state index in [0.717, 1.165) is 18.3 Å². The Labute approximate surface area is 166 Å². The average Bonchev–Trinajstić information content (AvgIpc) is 3.23. The van der Waals surface area contributed by atoms with E-state index in [2.05, 4.69) is 19.9 Å². The standard InChI is InChI=1S/C18H13F3N6O3/c1-26-7-8(5-24-26)16-10-4-12(23-6-13(10)27(25-16)18(28)29)15-11(19)2-9(22)3-14(15)30-17(20)21/h2-7,17H,22H2,1H3,(H,28,29). The van der Waals surface area contributed by atoms with E-state index in [1.165, 1.54) is 16.9 Å². The highest BCUT2D eigenvalue weighted by atomic mass is 19.3. The highest BCUT2D eigenvalue weighted by Crippen LogP contribution is 2.37. The molecule has 4 rings (SSSR count).